The van der Waals surface area contributed by atoms with Crippen LogP contribution in [0.5, 0.6) is 0 Å². The molecule has 0 bridgehead atoms. The van der Waals surface area contributed by atoms with Gasteiger partial charge in [-0.25, -0.2) is 13.1 Å². The number of nitrogens with zero attached hydrogens (tertiary/aromatic N) is 1. The van der Waals surface area contributed by atoms with Crippen LogP contribution < -0.4 is 4.72 Å². The molecule has 1 aromatic rings. The SMILES string of the molecule is C[C@]12CC[C@@H](NS(C)(=O)=O)CC1=CCC1C2CC[C@]2(C)C(c3cccnc3)=CCC12. The number of nitrogens with one attached hydrogen (secondary N) is 1. The van der Waals surface area contributed by atoms with E-state index < -0.39 is 10.0 Å². The summed E-state index contributed by atoms with van der Waals surface area (Å²) in [5.74, 6) is 2.15. The van der Waals surface area contributed by atoms with E-state index in [1.807, 2.05) is 12.4 Å². The highest BCUT2D eigenvalue weighted by Gasteiger charge is 2.56. The Hall–Kier alpha value is -1.46. The highest BCUT2D eigenvalue weighted by atomic mass is 32.2. The molecule has 0 saturated heterocycles. The minimum absolute atomic E-state index is 0.0649. The van der Waals surface area contributed by atoms with E-state index in [0.29, 0.717) is 5.92 Å². The molecule has 4 aliphatic rings. The smallest absolute Gasteiger partial charge is 0.208 e. The van der Waals surface area contributed by atoms with Crippen LogP contribution in [0.15, 0.2) is 42.3 Å². The zero-order valence-electron chi connectivity index (χ0n) is 18.4. The van der Waals surface area contributed by atoms with Gasteiger partial charge in [-0.2, -0.15) is 0 Å². The van der Waals surface area contributed by atoms with E-state index in [4.69, 9.17) is 0 Å². The molecule has 30 heavy (non-hydrogen) atoms. The molecule has 2 saturated carbocycles. The van der Waals surface area contributed by atoms with Crippen LogP contribution in [0.1, 0.15) is 64.4 Å². The van der Waals surface area contributed by atoms with Gasteiger partial charge in [-0.05, 0) is 90.7 Å². The first-order valence-corrected chi connectivity index (χ1v) is 13.4. The van der Waals surface area contributed by atoms with Crippen LogP contribution >= 0.6 is 0 Å². The minimum Gasteiger partial charge on any atom is -0.264 e. The van der Waals surface area contributed by atoms with Crippen LogP contribution in [-0.4, -0.2) is 25.7 Å². The zero-order valence-corrected chi connectivity index (χ0v) is 19.2. The van der Waals surface area contributed by atoms with E-state index in [1.54, 1.807) is 0 Å². The van der Waals surface area contributed by atoms with Gasteiger partial charge in [-0.3, -0.25) is 4.98 Å². The quantitative estimate of drug-likeness (QED) is 0.695. The van der Waals surface area contributed by atoms with Crippen LogP contribution in [-0.2, 0) is 10.0 Å². The van der Waals surface area contributed by atoms with Gasteiger partial charge in [0.1, 0.15) is 0 Å². The molecule has 2 fully saturated rings. The number of pyridine rings is 1. The lowest BCUT2D eigenvalue weighted by Gasteiger charge is -2.58. The van der Waals surface area contributed by atoms with Gasteiger partial charge in [0.15, 0.2) is 0 Å². The van der Waals surface area contributed by atoms with Crippen molar-refractivity contribution in [1.29, 1.82) is 0 Å². The molecule has 3 unspecified atom stereocenters. The molecule has 6 atom stereocenters. The lowest BCUT2D eigenvalue weighted by Crippen LogP contribution is -2.51. The molecule has 1 N–H and O–H groups in total. The number of aromatic nitrogens is 1. The highest BCUT2D eigenvalue weighted by Crippen LogP contribution is 2.66. The molecular formula is C25H34N2O2S. The predicted molar refractivity (Wildman–Crippen MR) is 121 cm³/mol. The fourth-order valence-corrected chi connectivity index (χ4v) is 8.41. The zero-order chi connectivity index (χ0) is 21.1. The van der Waals surface area contributed by atoms with Gasteiger partial charge in [0, 0.05) is 18.4 Å². The lowest BCUT2D eigenvalue weighted by molar-refractivity contribution is -0.0117. The summed E-state index contributed by atoms with van der Waals surface area (Å²) in [6, 6.07) is 4.34. The van der Waals surface area contributed by atoms with Crippen LogP contribution in [0.4, 0.5) is 0 Å². The van der Waals surface area contributed by atoms with Crippen molar-refractivity contribution in [3.8, 4) is 0 Å². The molecule has 0 spiro atoms. The third kappa shape index (κ3) is 3.20. The maximum Gasteiger partial charge on any atom is 0.208 e. The summed E-state index contributed by atoms with van der Waals surface area (Å²) < 4.78 is 26.3. The number of fused-ring (bicyclic) bond motifs is 5. The van der Waals surface area contributed by atoms with Crippen LogP contribution in [0.3, 0.4) is 0 Å². The number of sulfonamides is 1. The largest absolute Gasteiger partial charge is 0.264 e. The second-order valence-corrected chi connectivity index (χ2v) is 12.4. The molecule has 5 rings (SSSR count). The molecular weight excluding hydrogens is 392 g/mol. The Morgan fingerprint density at radius 3 is 2.60 bits per heavy atom. The summed E-state index contributed by atoms with van der Waals surface area (Å²) in [7, 11) is -3.15. The number of rotatable bonds is 3. The Morgan fingerprint density at radius 2 is 1.87 bits per heavy atom. The van der Waals surface area contributed by atoms with Gasteiger partial charge in [0.05, 0.1) is 6.26 Å². The van der Waals surface area contributed by atoms with Gasteiger partial charge < -0.3 is 0 Å². The number of hydrogen-bond acceptors (Lipinski definition) is 3. The van der Waals surface area contributed by atoms with Crippen LogP contribution in [0.25, 0.3) is 5.57 Å². The Balaban J connectivity index is 1.40. The molecule has 0 radical (unpaired) electrons. The second-order valence-electron chi connectivity index (χ2n) is 10.6. The van der Waals surface area contributed by atoms with Crippen LogP contribution in [0, 0.1) is 28.6 Å². The van der Waals surface area contributed by atoms with Crippen molar-refractivity contribution in [2.75, 3.05) is 6.26 Å². The third-order valence-electron chi connectivity index (χ3n) is 9.04. The van der Waals surface area contributed by atoms with E-state index in [2.05, 4.69) is 47.8 Å². The summed E-state index contributed by atoms with van der Waals surface area (Å²) in [4.78, 5) is 4.38. The molecule has 0 amide bonds. The minimum atomic E-state index is -3.15. The van der Waals surface area contributed by atoms with E-state index in [-0.39, 0.29) is 16.9 Å². The summed E-state index contributed by atoms with van der Waals surface area (Å²) >= 11 is 0. The molecule has 162 valence electrons. The maximum atomic E-state index is 11.7. The van der Waals surface area contributed by atoms with Crippen molar-refractivity contribution < 1.29 is 8.42 Å². The van der Waals surface area contributed by atoms with Crippen molar-refractivity contribution >= 4 is 15.6 Å². The highest BCUT2D eigenvalue weighted by molar-refractivity contribution is 7.88. The van der Waals surface area contributed by atoms with Gasteiger partial charge >= 0.3 is 0 Å². The van der Waals surface area contributed by atoms with E-state index >= 15 is 0 Å². The maximum absolute atomic E-state index is 11.7. The normalized spacial score (nSPS) is 40.6. The monoisotopic (exact) mass is 426 g/mol. The van der Waals surface area contributed by atoms with E-state index in [0.717, 1.165) is 37.5 Å². The molecule has 0 aromatic carbocycles. The van der Waals surface area contributed by atoms with Crippen molar-refractivity contribution in [3.05, 3.63) is 47.8 Å². The van der Waals surface area contributed by atoms with Gasteiger partial charge in [-0.1, -0.05) is 37.6 Å². The Labute approximate surface area is 181 Å². The van der Waals surface area contributed by atoms with E-state index in [1.165, 1.54) is 42.2 Å². The van der Waals surface area contributed by atoms with Gasteiger partial charge in [-0.15, -0.1) is 0 Å². The van der Waals surface area contributed by atoms with Gasteiger partial charge in [0.25, 0.3) is 0 Å². The number of hydrogen-bond donors (Lipinski definition) is 1. The fourth-order valence-electron chi connectivity index (χ4n) is 7.60. The summed E-state index contributed by atoms with van der Waals surface area (Å²) in [5.41, 5.74) is 4.81. The molecule has 1 aromatic heterocycles. The average molecular weight is 427 g/mol. The molecule has 0 aliphatic heterocycles. The standard InChI is InChI=1S/C25H34N2O2S/c1-24-12-10-19(27-30(3,28)29)15-18(24)6-7-20-22-9-8-21(17-5-4-14-26-16-17)25(22,2)13-11-23(20)24/h4-6,8,14,16,19-20,22-23,27H,7,9-13,15H2,1-3H3/t19-,20?,22?,23?,24+,25-/m1/s1. The fraction of sp³-hybridized carbons (Fsp3) is 0.640. The van der Waals surface area contributed by atoms with Gasteiger partial charge in [0.2, 0.25) is 10.0 Å². The van der Waals surface area contributed by atoms with Crippen molar-refractivity contribution in [2.45, 2.75) is 64.8 Å². The average Bonchev–Trinajstić information content (AvgIpc) is 3.05. The first kappa shape index (κ1) is 20.4. The van der Waals surface area contributed by atoms with Crippen LogP contribution in [0.2, 0.25) is 0 Å². The molecule has 4 nitrogen and oxygen atoms in total. The lowest BCUT2D eigenvalue weighted by atomic mass is 9.47. The van der Waals surface area contributed by atoms with Crippen molar-refractivity contribution in [2.24, 2.45) is 28.6 Å². The molecule has 1 heterocycles. The predicted octanol–water partition coefficient (Wildman–Crippen LogP) is 4.96. The molecule has 5 heteroatoms. The first-order valence-electron chi connectivity index (χ1n) is 11.5. The second kappa shape index (κ2) is 7.03. The first-order chi connectivity index (χ1) is 14.2. The summed E-state index contributed by atoms with van der Waals surface area (Å²) in [6.45, 7) is 4.97. The molecule has 4 aliphatic carbocycles. The third-order valence-corrected chi connectivity index (χ3v) is 9.80. The summed E-state index contributed by atoms with van der Waals surface area (Å²) in [5, 5.41) is 0. The Morgan fingerprint density at radius 1 is 1.07 bits per heavy atom. The summed E-state index contributed by atoms with van der Waals surface area (Å²) in [6.07, 6.45) is 17.9. The number of allylic oxidation sites excluding steroid dienone is 3. The van der Waals surface area contributed by atoms with Crippen molar-refractivity contribution in [3.63, 3.8) is 0 Å². The Bertz CT molecular complexity index is 999. The Kier molecular flexibility index (Phi) is 4.79. The topological polar surface area (TPSA) is 59.1 Å². The van der Waals surface area contributed by atoms with E-state index in [9.17, 15) is 8.42 Å². The van der Waals surface area contributed by atoms with Crippen molar-refractivity contribution in [1.82, 2.24) is 9.71 Å².